The van der Waals surface area contributed by atoms with E-state index in [-0.39, 0.29) is 31.5 Å². The van der Waals surface area contributed by atoms with E-state index in [2.05, 4.69) is 6.58 Å². The highest BCUT2D eigenvalue weighted by Crippen LogP contribution is 2.39. The number of hydrogen-bond donors (Lipinski definition) is 0. The normalized spacial score (nSPS) is 19.9. The molecule has 0 aliphatic carbocycles. The van der Waals surface area contributed by atoms with Crippen molar-refractivity contribution in [1.29, 1.82) is 0 Å². The van der Waals surface area contributed by atoms with E-state index in [0.29, 0.717) is 19.4 Å². The highest BCUT2D eigenvalue weighted by atomic mass is 16.7. The van der Waals surface area contributed by atoms with E-state index in [1.165, 1.54) is 0 Å². The second-order valence-electron chi connectivity index (χ2n) is 12.1. The molecule has 0 N–H and O–H groups in total. The third kappa shape index (κ3) is 8.93. The van der Waals surface area contributed by atoms with Gasteiger partial charge in [-0.25, -0.2) is 4.79 Å². The van der Waals surface area contributed by atoms with Gasteiger partial charge in [-0.15, -0.1) is 0 Å². The van der Waals surface area contributed by atoms with Gasteiger partial charge in [-0.2, -0.15) is 0 Å². The summed E-state index contributed by atoms with van der Waals surface area (Å²) in [5.74, 6) is 0.773. The Labute approximate surface area is 277 Å². The fourth-order valence-electron chi connectivity index (χ4n) is 6.29. The van der Waals surface area contributed by atoms with Crippen LogP contribution in [0.1, 0.15) is 42.9 Å². The lowest BCUT2D eigenvalue weighted by Gasteiger charge is -2.53. The average Bonchev–Trinajstić information content (AvgIpc) is 3.10. The maximum Gasteiger partial charge on any atom is 0.508 e. The molecule has 47 heavy (non-hydrogen) atoms. The molecule has 2 saturated heterocycles. The van der Waals surface area contributed by atoms with Gasteiger partial charge in [-0.3, -0.25) is 4.79 Å². The Morgan fingerprint density at radius 1 is 0.894 bits per heavy atom. The third-order valence-electron chi connectivity index (χ3n) is 8.83. The van der Waals surface area contributed by atoms with Gasteiger partial charge >= 0.3 is 6.16 Å². The molecular formula is C38H45NO8. The molecule has 2 fully saturated rings. The molecular weight excluding hydrogens is 598 g/mol. The minimum absolute atomic E-state index is 0.0777. The van der Waals surface area contributed by atoms with Crippen LogP contribution in [-0.2, 0) is 43.2 Å². The van der Waals surface area contributed by atoms with Gasteiger partial charge in [-0.05, 0) is 85.6 Å². The number of methoxy groups -OCH3 is 2. The molecule has 2 aliphatic heterocycles. The van der Waals surface area contributed by atoms with Crippen molar-refractivity contribution in [1.82, 2.24) is 4.90 Å². The standard InChI is InChI=1S/C38H45NO8/c1-26(24-45-34-12-8-9-21-44-34)36-35(27(2)47-38(41)46-25-30-10-6-5-7-11-30)37(40)39(36)31(22-28-13-17-32(42-3)18-14-28)23-29-15-19-33(43-4)20-16-29/h5-7,10-11,13-20,27,31,34-36H,1,8-9,12,21-25H2,2-4H3/t27-,34?,35-,36-/m1/s1. The van der Waals surface area contributed by atoms with Crippen molar-refractivity contribution in [2.75, 3.05) is 27.4 Å². The van der Waals surface area contributed by atoms with Crippen molar-refractivity contribution in [3.63, 3.8) is 0 Å². The van der Waals surface area contributed by atoms with Crippen LogP contribution >= 0.6 is 0 Å². The molecule has 250 valence electrons. The van der Waals surface area contributed by atoms with Crippen LogP contribution < -0.4 is 9.47 Å². The molecule has 0 radical (unpaired) electrons. The molecule has 0 saturated carbocycles. The molecule has 2 aliphatic rings. The van der Waals surface area contributed by atoms with E-state index >= 15 is 0 Å². The van der Waals surface area contributed by atoms with Crippen molar-refractivity contribution < 1.29 is 38.0 Å². The Morgan fingerprint density at radius 3 is 2.06 bits per heavy atom. The van der Waals surface area contributed by atoms with Gasteiger partial charge in [0.2, 0.25) is 5.91 Å². The first-order valence-corrected chi connectivity index (χ1v) is 16.2. The number of hydrogen-bond acceptors (Lipinski definition) is 8. The van der Waals surface area contributed by atoms with E-state index in [1.54, 1.807) is 21.1 Å². The number of carbonyl (C=O) groups is 2. The van der Waals surface area contributed by atoms with Gasteiger partial charge in [0, 0.05) is 12.6 Å². The maximum atomic E-state index is 14.2. The summed E-state index contributed by atoms with van der Waals surface area (Å²) in [6.07, 6.45) is 2.18. The second kappa shape index (κ2) is 16.5. The summed E-state index contributed by atoms with van der Waals surface area (Å²) >= 11 is 0. The van der Waals surface area contributed by atoms with Crippen molar-refractivity contribution in [2.45, 2.75) is 70.1 Å². The van der Waals surface area contributed by atoms with Crippen molar-refractivity contribution in [2.24, 2.45) is 5.92 Å². The number of nitrogens with zero attached hydrogens (tertiary/aromatic N) is 1. The van der Waals surface area contributed by atoms with Crippen molar-refractivity contribution in [3.8, 4) is 11.5 Å². The molecule has 1 unspecified atom stereocenters. The zero-order chi connectivity index (χ0) is 33.2. The fraction of sp³-hybridized carbons (Fsp3) is 0.421. The molecule has 5 rings (SSSR count). The Bertz CT molecular complexity index is 1400. The first kappa shape index (κ1) is 34.0. The molecule has 9 heteroatoms. The molecule has 4 atom stereocenters. The minimum Gasteiger partial charge on any atom is -0.497 e. The minimum atomic E-state index is -0.822. The predicted molar refractivity (Wildman–Crippen MR) is 177 cm³/mol. The van der Waals surface area contributed by atoms with Crippen molar-refractivity contribution >= 4 is 12.1 Å². The molecule has 0 bridgehead atoms. The number of ether oxygens (including phenoxy) is 6. The first-order chi connectivity index (χ1) is 22.9. The van der Waals surface area contributed by atoms with Gasteiger partial charge in [0.15, 0.2) is 6.29 Å². The van der Waals surface area contributed by atoms with Crippen molar-refractivity contribution in [3.05, 3.63) is 108 Å². The summed E-state index contributed by atoms with van der Waals surface area (Å²) in [5, 5.41) is 0. The van der Waals surface area contributed by atoms with E-state index in [1.807, 2.05) is 83.8 Å². The second-order valence-corrected chi connectivity index (χ2v) is 12.1. The van der Waals surface area contributed by atoms with Crippen LogP contribution in [0.5, 0.6) is 11.5 Å². The summed E-state index contributed by atoms with van der Waals surface area (Å²) in [6, 6.07) is 24.5. The smallest absolute Gasteiger partial charge is 0.497 e. The highest BCUT2D eigenvalue weighted by molar-refractivity contribution is 5.88. The lowest BCUT2D eigenvalue weighted by atomic mass is 9.76. The van der Waals surface area contributed by atoms with Crippen LogP contribution in [-0.4, -0.2) is 68.9 Å². The van der Waals surface area contributed by atoms with E-state index in [9.17, 15) is 9.59 Å². The Kier molecular flexibility index (Phi) is 11.9. The SMILES string of the molecule is C=C(COC1CCCCO1)[C@@H]1[C@@H]([C@@H](C)OC(=O)OCc2ccccc2)C(=O)N1C(Cc1ccc(OC)cc1)Cc1ccc(OC)cc1. The van der Waals surface area contributed by atoms with Crippen LogP contribution in [0.3, 0.4) is 0 Å². The predicted octanol–water partition coefficient (Wildman–Crippen LogP) is 6.53. The zero-order valence-electron chi connectivity index (χ0n) is 27.5. The first-order valence-electron chi connectivity index (χ1n) is 16.2. The van der Waals surface area contributed by atoms with E-state index in [0.717, 1.165) is 53.0 Å². The van der Waals surface area contributed by atoms with Gasteiger partial charge < -0.3 is 33.3 Å². The quantitative estimate of drug-likeness (QED) is 0.105. The van der Waals surface area contributed by atoms with Gasteiger partial charge in [0.1, 0.15) is 24.2 Å². The van der Waals surface area contributed by atoms with Gasteiger partial charge in [-0.1, -0.05) is 61.2 Å². The Morgan fingerprint density at radius 2 is 1.51 bits per heavy atom. The van der Waals surface area contributed by atoms with Crippen LogP contribution in [0.2, 0.25) is 0 Å². The number of rotatable bonds is 15. The summed E-state index contributed by atoms with van der Waals surface area (Å²) in [6.45, 7) is 7.09. The molecule has 1 amide bonds. The fourth-order valence-corrected chi connectivity index (χ4v) is 6.29. The number of carbonyl (C=O) groups excluding carboxylic acids is 2. The van der Waals surface area contributed by atoms with Crippen LogP contribution in [0.25, 0.3) is 0 Å². The number of benzene rings is 3. The highest BCUT2D eigenvalue weighted by Gasteiger charge is 2.54. The van der Waals surface area contributed by atoms with E-state index < -0.39 is 24.2 Å². The monoisotopic (exact) mass is 643 g/mol. The molecule has 3 aromatic carbocycles. The lowest BCUT2D eigenvalue weighted by Crippen LogP contribution is -2.69. The summed E-state index contributed by atoms with van der Waals surface area (Å²) < 4.78 is 33.7. The van der Waals surface area contributed by atoms with Crippen LogP contribution in [0.15, 0.2) is 91.0 Å². The Hall–Kier alpha value is -4.34. The Balaban J connectivity index is 1.36. The van der Waals surface area contributed by atoms with Crippen LogP contribution in [0, 0.1) is 5.92 Å². The zero-order valence-corrected chi connectivity index (χ0v) is 27.5. The van der Waals surface area contributed by atoms with E-state index in [4.69, 9.17) is 28.4 Å². The molecule has 0 spiro atoms. The molecule has 0 aromatic heterocycles. The largest absolute Gasteiger partial charge is 0.508 e. The lowest BCUT2D eigenvalue weighted by molar-refractivity contribution is -0.172. The van der Waals surface area contributed by atoms with Gasteiger partial charge in [0.25, 0.3) is 0 Å². The maximum absolute atomic E-state index is 14.2. The summed E-state index contributed by atoms with van der Waals surface area (Å²) in [7, 11) is 3.27. The van der Waals surface area contributed by atoms with Crippen LogP contribution in [0.4, 0.5) is 4.79 Å². The third-order valence-corrected chi connectivity index (χ3v) is 8.83. The molecule has 3 aromatic rings. The number of β-lactam (4-membered cyclic amide) rings is 1. The van der Waals surface area contributed by atoms with Gasteiger partial charge in [0.05, 0.1) is 32.8 Å². The average molecular weight is 644 g/mol. The molecule has 9 nitrogen and oxygen atoms in total. The topological polar surface area (TPSA) is 92.8 Å². The summed E-state index contributed by atoms with van der Waals surface area (Å²) in [4.78, 5) is 28.8. The number of likely N-dealkylation sites (tertiary alicyclic amines) is 1. The summed E-state index contributed by atoms with van der Waals surface area (Å²) in [5.41, 5.74) is 3.69. The number of amides is 1. The molecule has 2 heterocycles.